The van der Waals surface area contributed by atoms with Crippen LogP contribution < -0.4 is 0 Å². The lowest BCUT2D eigenvalue weighted by atomic mass is 9.48. The van der Waals surface area contributed by atoms with Gasteiger partial charge in [-0.3, -0.25) is 9.48 Å². The van der Waals surface area contributed by atoms with E-state index in [0.29, 0.717) is 17.3 Å². The maximum Gasteiger partial charge on any atom is 0.188 e. The summed E-state index contributed by atoms with van der Waals surface area (Å²) in [5.41, 5.74) is 0.543. The molecule has 0 aliphatic heterocycles. The first kappa shape index (κ1) is 12.9. The highest BCUT2D eigenvalue weighted by Gasteiger charge is 2.55. The Morgan fingerprint density at radius 2 is 1.85 bits per heavy atom. The first-order valence-electron chi connectivity index (χ1n) is 7.87. The van der Waals surface area contributed by atoms with E-state index in [1.54, 1.807) is 10.9 Å². The molecule has 4 saturated carbocycles. The molecule has 1 aromatic heterocycles. The van der Waals surface area contributed by atoms with Crippen LogP contribution in [0.4, 0.5) is 0 Å². The molecule has 0 unspecified atom stereocenters. The highest BCUT2D eigenvalue weighted by molar-refractivity contribution is 6.33. The Kier molecular flexibility index (Phi) is 2.79. The van der Waals surface area contributed by atoms with Crippen molar-refractivity contribution in [1.29, 1.82) is 0 Å². The van der Waals surface area contributed by atoms with Crippen LogP contribution in [0.2, 0.25) is 5.02 Å². The van der Waals surface area contributed by atoms with E-state index in [1.807, 2.05) is 6.92 Å². The smallest absolute Gasteiger partial charge is 0.188 e. The number of ketones is 1. The molecular weight excluding hydrogens is 272 g/mol. The van der Waals surface area contributed by atoms with Gasteiger partial charge in [-0.05, 0) is 63.2 Å². The molecule has 0 spiro atoms. The van der Waals surface area contributed by atoms with Gasteiger partial charge >= 0.3 is 0 Å². The van der Waals surface area contributed by atoms with Crippen LogP contribution in [0, 0.1) is 23.2 Å². The quantitative estimate of drug-likeness (QED) is 0.791. The minimum Gasteiger partial charge on any atom is -0.292 e. The Balaban J connectivity index is 1.73. The van der Waals surface area contributed by atoms with Gasteiger partial charge in [-0.2, -0.15) is 5.10 Å². The van der Waals surface area contributed by atoms with Gasteiger partial charge in [0.05, 0.1) is 11.2 Å². The molecule has 1 aromatic rings. The summed E-state index contributed by atoms with van der Waals surface area (Å²) in [6.45, 7) is 2.72. The maximum absolute atomic E-state index is 13.2. The summed E-state index contributed by atoms with van der Waals surface area (Å²) in [4.78, 5) is 13.2. The number of aromatic nitrogens is 2. The summed E-state index contributed by atoms with van der Waals surface area (Å²) in [6.07, 6.45) is 8.95. The molecule has 1 heterocycles. The average Bonchev–Trinajstić information content (AvgIpc) is 2.77. The predicted molar refractivity (Wildman–Crippen MR) is 77.8 cm³/mol. The molecule has 0 atom stereocenters. The third-order valence-corrected chi connectivity index (χ3v) is 6.11. The Labute approximate surface area is 124 Å². The lowest BCUT2D eigenvalue weighted by Gasteiger charge is -2.55. The lowest BCUT2D eigenvalue weighted by molar-refractivity contribution is -0.0357. The summed E-state index contributed by atoms with van der Waals surface area (Å²) in [7, 11) is 0. The molecule has 0 amide bonds. The number of nitrogens with zero attached hydrogens (tertiary/aromatic N) is 2. The molecule has 4 heteroatoms. The van der Waals surface area contributed by atoms with E-state index in [9.17, 15) is 4.79 Å². The van der Waals surface area contributed by atoms with Gasteiger partial charge in [0.25, 0.3) is 0 Å². The van der Waals surface area contributed by atoms with Gasteiger partial charge in [0, 0.05) is 12.0 Å². The molecule has 20 heavy (non-hydrogen) atoms. The number of hydrogen-bond acceptors (Lipinski definition) is 2. The number of rotatable bonds is 3. The Morgan fingerprint density at radius 1 is 1.30 bits per heavy atom. The monoisotopic (exact) mass is 292 g/mol. The third-order valence-electron chi connectivity index (χ3n) is 5.83. The normalized spacial score (nSPS) is 38.4. The second-order valence-corrected chi connectivity index (χ2v) is 7.59. The number of carbonyl (C=O) groups is 1. The Hall–Kier alpha value is -0.830. The van der Waals surface area contributed by atoms with Gasteiger partial charge in [0.15, 0.2) is 5.78 Å². The minimum absolute atomic E-state index is 0.120. The standard InChI is InChI=1S/C16H21ClN2O/c1-2-19-14(13(17)9-18-19)15(20)16-6-10-3-11(7-16)5-12(4-10)8-16/h9-12H,2-8H2,1H3. The number of Topliss-reactive ketones (excluding diaryl/α,β-unsaturated/α-hetero) is 1. The SMILES string of the molecule is CCn1ncc(Cl)c1C(=O)C12CC3CC(CC(C3)C1)C2. The summed E-state index contributed by atoms with van der Waals surface area (Å²) < 4.78 is 1.78. The van der Waals surface area contributed by atoms with Crippen molar-refractivity contribution in [3.63, 3.8) is 0 Å². The highest BCUT2D eigenvalue weighted by atomic mass is 35.5. The van der Waals surface area contributed by atoms with E-state index in [1.165, 1.54) is 19.3 Å². The average molecular weight is 293 g/mol. The Morgan fingerprint density at radius 3 is 2.35 bits per heavy atom. The molecule has 0 N–H and O–H groups in total. The lowest BCUT2D eigenvalue weighted by Crippen LogP contribution is -2.50. The van der Waals surface area contributed by atoms with Crippen LogP contribution in [0.15, 0.2) is 6.20 Å². The number of aryl methyl sites for hydroxylation is 1. The number of hydrogen-bond donors (Lipinski definition) is 0. The zero-order chi connectivity index (χ0) is 13.9. The van der Waals surface area contributed by atoms with E-state index in [0.717, 1.165) is 37.0 Å². The maximum atomic E-state index is 13.2. The van der Waals surface area contributed by atoms with Gasteiger partial charge in [-0.15, -0.1) is 0 Å². The molecule has 3 nitrogen and oxygen atoms in total. The highest BCUT2D eigenvalue weighted by Crippen LogP contribution is 2.61. The van der Waals surface area contributed by atoms with E-state index in [-0.39, 0.29) is 11.2 Å². The van der Waals surface area contributed by atoms with Gasteiger partial charge in [0.1, 0.15) is 5.69 Å². The molecule has 4 aliphatic rings. The van der Waals surface area contributed by atoms with Crippen LogP contribution in [-0.2, 0) is 6.54 Å². The molecule has 0 saturated heterocycles. The van der Waals surface area contributed by atoms with Crippen molar-refractivity contribution in [3.8, 4) is 0 Å². The first-order valence-corrected chi connectivity index (χ1v) is 8.25. The van der Waals surface area contributed by atoms with Crippen LogP contribution in [0.5, 0.6) is 0 Å². The Bertz CT molecular complexity index is 528. The van der Waals surface area contributed by atoms with Gasteiger partial charge in [-0.1, -0.05) is 11.6 Å². The molecule has 108 valence electrons. The predicted octanol–water partition coefficient (Wildman–Crippen LogP) is 3.96. The van der Waals surface area contributed by atoms with Crippen LogP contribution in [0.3, 0.4) is 0 Å². The fourth-order valence-electron chi connectivity index (χ4n) is 5.47. The van der Waals surface area contributed by atoms with Crippen molar-refractivity contribution in [2.45, 2.75) is 52.0 Å². The molecule has 0 aromatic carbocycles. The molecule has 4 aliphatic carbocycles. The van der Waals surface area contributed by atoms with Crippen molar-refractivity contribution in [2.24, 2.45) is 23.2 Å². The van der Waals surface area contributed by atoms with E-state index in [4.69, 9.17) is 11.6 Å². The van der Waals surface area contributed by atoms with Crippen LogP contribution in [0.25, 0.3) is 0 Å². The molecule has 4 bridgehead atoms. The number of halogens is 1. The zero-order valence-electron chi connectivity index (χ0n) is 11.9. The second-order valence-electron chi connectivity index (χ2n) is 7.18. The zero-order valence-corrected chi connectivity index (χ0v) is 12.7. The fourth-order valence-corrected chi connectivity index (χ4v) is 5.69. The molecule has 0 radical (unpaired) electrons. The van der Waals surface area contributed by atoms with Crippen molar-refractivity contribution in [3.05, 3.63) is 16.9 Å². The van der Waals surface area contributed by atoms with Crippen LogP contribution in [-0.4, -0.2) is 15.6 Å². The molecule has 5 rings (SSSR count). The van der Waals surface area contributed by atoms with E-state index in [2.05, 4.69) is 5.10 Å². The second kappa shape index (κ2) is 4.33. The summed E-state index contributed by atoms with van der Waals surface area (Å²) >= 11 is 6.25. The summed E-state index contributed by atoms with van der Waals surface area (Å²) in [6, 6.07) is 0. The largest absolute Gasteiger partial charge is 0.292 e. The fraction of sp³-hybridized carbons (Fsp3) is 0.750. The number of carbonyl (C=O) groups excluding carboxylic acids is 1. The van der Waals surface area contributed by atoms with E-state index >= 15 is 0 Å². The molecule has 4 fully saturated rings. The molecular formula is C16H21ClN2O. The van der Waals surface area contributed by atoms with Crippen LogP contribution in [0.1, 0.15) is 55.9 Å². The van der Waals surface area contributed by atoms with Crippen molar-refractivity contribution < 1.29 is 4.79 Å². The van der Waals surface area contributed by atoms with E-state index < -0.39 is 0 Å². The summed E-state index contributed by atoms with van der Waals surface area (Å²) in [5, 5.41) is 4.78. The van der Waals surface area contributed by atoms with Crippen molar-refractivity contribution in [1.82, 2.24) is 9.78 Å². The van der Waals surface area contributed by atoms with Gasteiger partial charge in [0.2, 0.25) is 0 Å². The third kappa shape index (κ3) is 1.71. The van der Waals surface area contributed by atoms with Gasteiger partial charge < -0.3 is 0 Å². The minimum atomic E-state index is -0.120. The first-order chi connectivity index (χ1) is 9.61. The van der Waals surface area contributed by atoms with Gasteiger partial charge in [-0.25, -0.2) is 0 Å². The van der Waals surface area contributed by atoms with Crippen molar-refractivity contribution >= 4 is 17.4 Å². The summed E-state index contributed by atoms with van der Waals surface area (Å²) in [5.74, 6) is 2.62. The van der Waals surface area contributed by atoms with Crippen molar-refractivity contribution in [2.75, 3.05) is 0 Å². The van der Waals surface area contributed by atoms with Crippen LogP contribution >= 0.6 is 11.6 Å². The topological polar surface area (TPSA) is 34.9 Å².